The molecule has 4 atom stereocenters. The number of hydrogen-bond donors (Lipinski definition) is 0. The molecule has 0 aromatic heterocycles. The van der Waals surface area contributed by atoms with E-state index in [1.807, 2.05) is 20.8 Å². The van der Waals surface area contributed by atoms with Gasteiger partial charge in [0.15, 0.2) is 0 Å². The van der Waals surface area contributed by atoms with Gasteiger partial charge in [-0.3, -0.25) is 4.79 Å². The summed E-state index contributed by atoms with van der Waals surface area (Å²) in [7, 11) is 1.64. The Morgan fingerprint density at radius 3 is 2.42 bits per heavy atom. The number of hydrogen-bond acceptors (Lipinski definition) is 3. The summed E-state index contributed by atoms with van der Waals surface area (Å²) in [5.41, 5.74) is 0. The van der Waals surface area contributed by atoms with E-state index in [4.69, 9.17) is 9.47 Å². The topological polar surface area (TPSA) is 35.5 Å². The second-order valence-electron chi connectivity index (χ2n) is 3.49. The lowest BCUT2D eigenvalue weighted by Gasteiger charge is -2.36. The highest BCUT2D eigenvalue weighted by Crippen LogP contribution is 2.27. The normalized spacial score (nSPS) is 42.5. The van der Waals surface area contributed by atoms with Gasteiger partial charge in [-0.15, -0.1) is 0 Å². The molecule has 1 heterocycles. The Labute approximate surface area is 73.0 Å². The monoisotopic (exact) mass is 172 g/mol. The summed E-state index contributed by atoms with van der Waals surface area (Å²) in [6, 6.07) is 0. The van der Waals surface area contributed by atoms with Crippen molar-refractivity contribution in [2.24, 2.45) is 11.8 Å². The van der Waals surface area contributed by atoms with Crippen molar-refractivity contribution >= 4 is 5.97 Å². The third kappa shape index (κ3) is 1.46. The summed E-state index contributed by atoms with van der Waals surface area (Å²) in [6.07, 6.45) is -0.0279. The molecule has 3 nitrogen and oxygen atoms in total. The van der Waals surface area contributed by atoms with E-state index in [0.29, 0.717) is 0 Å². The minimum absolute atomic E-state index is 0.00116. The predicted octanol–water partition coefficient (Wildman–Crippen LogP) is 1.22. The zero-order chi connectivity index (χ0) is 9.30. The maximum atomic E-state index is 11.2. The SMILES string of the molecule is CO[C@H]1[C@@H](C)[C@H](C)OC(=O)[C@@H]1C. The minimum Gasteiger partial charge on any atom is -0.462 e. The van der Waals surface area contributed by atoms with Crippen molar-refractivity contribution in [2.45, 2.75) is 33.0 Å². The van der Waals surface area contributed by atoms with E-state index in [0.717, 1.165) is 0 Å². The van der Waals surface area contributed by atoms with Crippen molar-refractivity contribution < 1.29 is 14.3 Å². The van der Waals surface area contributed by atoms with Crippen molar-refractivity contribution in [1.82, 2.24) is 0 Å². The van der Waals surface area contributed by atoms with E-state index in [1.165, 1.54) is 0 Å². The molecule has 1 saturated heterocycles. The van der Waals surface area contributed by atoms with Crippen LogP contribution in [0.25, 0.3) is 0 Å². The van der Waals surface area contributed by atoms with Crippen LogP contribution in [0, 0.1) is 11.8 Å². The van der Waals surface area contributed by atoms with Crippen LogP contribution >= 0.6 is 0 Å². The van der Waals surface area contributed by atoms with Crippen molar-refractivity contribution in [3.63, 3.8) is 0 Å². The Morgan fingerprint density at radius 1 is 1.33 bits per heavy atom. The molecule has 0 N–H and O–H groups in total. The van der Waals surface area contributed by atoms with Crippen LogP contribution in [0.4, 0.5) is 0 Å². The molecule has 1 rings (SSSR count). The molecular formula is C9H16O3. The maximum absolute atomic E-state index is 11.2. The van der Waals surface area contributed by atoms with Gasteiger partial charge < -0.3 is 9.47 Å². The van der Waals surface area contributed by atoms with Gasteiger partial charge >= 0.3 is 5.97 Å². The number of cyclic esters (lactones) is 1. The van der Waals surface area contributed by atoms with Gasteiger partial charge in [0.1, 0.15) is 6.10 Å². The molecule has 1 fully saturated rings. The van der Waals surface area contributed by atoms with Crippen LogP contribution < -0.4 is 0 Å². The molecule has 1 aliphatic rings. The van der Waals surface area contributed by atoms with Gasteiger partial charge in [0.05, 0.1) is 12.0 Å². The highest BCUT2D eigenvalue weighted by molar-refractivity contribution is 5.73. The van der Waals surface area contributed by atoms with E-state index in [1.54, 1.807) is 7.11 Å². The van der Waals surface area contributed by atoms with Crippen molar-refractivity contribution in [3.8, 4) is 0 Å². The molecule has 0 radical (unpaired) electrons. The predicted molar refractivity (Wildman–Crippen MR) is 44.7 cm³/mol. The van der Waals surface area contributed by atoms with Crippen LogP contribution in [0.3, 0.4) is 0 Å². The number of esters is 1. The largest absolute Gasteiger partial charge is 0.462 e. The van der Waals surface area contributed by atoms with Crippen LogP contribution in [0.1, 0.15) is 20.8 Å². The first-order chi connectivity index (χ1) is 5.57. The molecule has 0 unspecified atom stereocenters. The maximum Gasteiger partial charge on any atom is 0.311 e. The molecule has 0 aromatic rings. The van der Waals surface area contributed by atoms with Crippen LogP contribution in [-0.2, 0) is 14.3 Å². The average molecular weight is 172 g/mol. The molecule has 70 valence electrons. The van der Waals surface area contributed by atoms with E-state index < -0.39 is 0 Å². The molecular weight excluding hydrogens is 156 g/mol. The first kappa shape index (κ1) is 9.52. The highest BCUT2D eigenvalue weighted by Gasteiger charge is 2.39. The molecule has 1 aliphatic heterocycles. The van der Waals surface area contributed by atoms with E-state index in [-0.39, 0.29) is 30.0 Å². The highest BCUT2D eigenvalue weighted by atomic mass is 16.6. The zero-order valence-corrected chi connectivity index (χ0v) is 8.03. The summed E-state index contributed by atoms with van der Waals surface area (Å²) in [5, 5.41) is 0. The number of carbonyl (C=O) groups excluding carboxylic acids is 1. The Morgan fingerprint density at radius 2 is 1.92 bits per heavy atom. The molecule has 0 spiro atoms. The van der Waals surface area contributed by atoms with Gasteiger partial charge in [-0.25, -0.2) is 0 Å². The Kier molecular flexibility index (Phi) is 2.73. The summed E-state index contributed by atoms with van der Waals surface area (Å²) < 4.78 is 10.4. The summed E-state index contributed by atoms with van der Waals surface area (Å²) in [5.74, 6) is -0.00338. The van der Waals surface area contributed by atoms with E-state index >= 15 is 0 Å². The van der Waals surface area contributed by atoms with E-state index in [2.05, 4.69) is 0 Å². The molecule has 0 aliphatic carbocycles. The first-order valence-electron chi connectivity index (χ1n) is 4.31. The third-order valence-corrected chi connectivity index (χ3v) is 2.70. The van der Waals surface area contributed by atoms with Crippen LogP contribution in [0.2, 0.25) is 0 Å². The van der Waals surface area contributed by atoms with Crippen molar-refractivity contribution in [1.29, 1.82) is 0 Å². The smallest absolute Gasteiger partial charge is 0.311 e. The fourth-order valence-electron chi connectivity index (χ4n) is 1.67. The van der Waals surface area contributed by atoms with Gasteiger partial charge in [0, 0.05) is 13.0 Å². The van der Waals surface area contributed by atoms with Gasteiger partial charge in [-0.05, 0) is 13.8 Å². The summed E-state index contributed by atoms with van der Waals surface area (Å²) in [6.45, 7) is 5.79. The quantitative estimate of drug-likeness (QED) is 0.558. The Bertz CT molecular complexity index is 179. The van der Waals surface area contributed by atoms with Crippen LogP contribution in [-0.4, -0.2) is 25.3 Å². The first-order valence-corrected chi connectivity index (χ1v) is 4.31. The number of methoxy groups -OCH3 is 1. The Balaban J connectivity index is 2.73. The number of ether oxygens (including phenoxy) is 2. The van der Waals surface area contributed by atoms with E-state index in [9.17, 15) is 4.79 Å². The van der Waals surface area contributed by atoms with Gasteiger partial charge in [0.25, 0.3) is 0 Å². The fourth-order valence-corrected chi connectivity index (χ4v) is 1.67. The third-order valence-electron chi connectivity index (χ3n) is 2.70. The standard InChI is InChI=1S/C9H16O3/c1-5-7(3)12-9(10)6(2)8(5)11-4/h5-8H,1-4H3/t5-,6+,7-,8-/m0/s1. The van der Waals surface area contributed by atoms with Crippen molar-refractivity contribution in [3.05, 3.63) is 0 Å². The van der Waals surface area contributed by atoms with Crippen molar-refractivity contribution in [2.75, 3.05) is 7.11 Å². The summed E-state index contributed by atoms with van der Waals surface area (Å²) >= 11 is 0. The number of rotatable bonds is 1. The fraction of sp³-hybridized carbons (Fsp3) is 0.889. The van der Waals surface area contributed by atoms with Gasteiger partial charge in [-0.2, -0.15) is 0 Å². The van der Waals surface area contributed by atoms with Gasteiger partial charge in [0.2, 0.25) is 0 Å². The second kappa shape index (κ2) is 3.44. The molecule has 0 saturated carbocycles. The Hall–Kier alpha value is -0.570. The molecule has 0 aromatic carbocycles. The lowest BCUT2D eigenvalue weighted by molar-refractivity contribution is -0.178. The minimum atomic E-state index is -0.146. The molecule has 0 bridgehead atoms. The average Bonchev–Trinajstić information content (AvgIpc) is 2.02. The number of carbonyl (C=O) groups is 1. The molecule has 3 heteroatoms. The molecule has 0 amide bonds. The lowest BCUT2D eigenvalue weighted by atomic mass is 9.87. The zero-order valence-electron chi connectivity index (χ0n) is 8.03. The molecule has 12 heavy (non-hydrogen) atoms. The lowest BCUT2D eigenvalue weighted by Crippen LogP contribution is -2.46. The summed E-state index contributed by atoms with van der Waals surface area (Å²) in [4.78, 5) is 11.2. The van der Waals surface area contributed by atoms with Crippen LogP contribution in [0.15, 0.2) is 0 Å². The van der Waals surface area contributed by atoms with Gasteiger partial charge in [-0.1, -0.05) is 6.92 Å². The van der Waals surface area contributed by atoms with Crippen LogP contribution in [0.5, 0.6) is 0 Å². The second-order valence-corrected chi connectivity index (χ2v) is 3.49.